The van der Waals surface area contributed by atoms with Crippen molar-refractivity contribution >= 4 is 98.0 Å². The molecule has 1 spiro atoms. The van der Waals surface area contributed by atoms with E-state index in [-0.39, 0.29) is 0 Å². The van der Waals surface area contributed by atoms with Crippen LogP contribution in [-0.4, -0.2) is 4.57 Å². The van der Waals surface area contributed by atoms with E-state index in [4.69, 9.17) is 8.83 Å². The Morgan fingerprint density at radius 1 is 0.309 bits per heavy atom. The fourth-order valence-corrected chi connectivity index (χ4v) is 12.9. The zero-order valence-electron chi connectivity index (χ0n) is 36.6. The summed E-state index contributed by atoms with van der Waals surface area (Å²) >= 11 is 0. The molecule has 0 N–H and O–H groups in total. The van der Waals surface area contributed by atoms with E-state index >= 15 is 0 Å². The average Bonchev–Trinajstić information content (AvgIpc) is 4.15. The summed E-state index contributed by atoms with van der Waals surface area (Å²) in [4.78, 5) is 0. The third-order valence-corrected chi connectivity index (χ3v) is 15.4. The van der Waals surface area contributed by atoms with Crippen LogP contribution in [-0.2, 0) is 5.41 Å². The van der Waals surface area contributed by atoms with Gasteiger partial charge in [-0.3, -0.25) is 0 Å². The van der Waals surface area contributed by atoms with E-state index < -0.39 is 5.41 Å². The zero-order valence-corrected chi connectivity index (χ0v) is 36.6. The lowest BCUT2D eigenvalue weighted by Crippen LogP contribution is -2.26. The van der Waals surface area contributed by atoms with Gasteiger partial charge in [-0.2, -0.15) is 0 Å². The second kappa shape index (κ2) is 13.1. The lowest BCUT2D eigenvalue weighted by atomic mass is 9.69. The van der Waals surface area contributed by atoms with Crippen molar-refractivity contribution in [2.24, 2.45) is 0 Å². The minimum Gasteiger partial charge on any atom is -0.455 e. The average molecular weight is 864 g/mol. The minimum absolute atomic E-state index is 0.732. The van der Waals surface area contributed by atoms with E-state index in [1.165, 1.54) is 65.9 Å². The van der Waals surface area contributed by atoms with Crippen LogP contribution < -0.4 is 0 Å². The Kier molecular flexibility index (Phi) is 7.01. The van der Waals surface area contributed by atoms with Gasteiger partial charge in [0.25, 0.3) is 0 Å². The molecule has 0 saturated heterocycles. The highest BCUT2D eigenvalue weighted by Gasteiger charge is 2.55. The Balaban J connectivity index is 1.23. The van der Waals surface area contributed by atoms with E-state index in [9.17, 15) is 0 Å². The van der Waals surface area contributed by atoms with Crippen LogP contribution in [0.5, 0.6) is 0 Å². The smallest absolute Gasteiger partial charge is 0.145 e. The number of para-hydroxylation sites is 4. The summed E-state index contributed by atoms with van der Waals surface area (Å²) in [5.41, 5.74) is 15.8. The van der Waals surface area contributed by atoms with Crippen LogP contribution in [0.3, 0.4) is 0 Å². The maximum atomic E-state index is 7.52. The third-order valence-electron chi connectivity index (χ3n) is 15.4. The number of hydrogen-bond donors (Lipinski definition) is 0. The van der Waals surface area contributed by atoms with Crippen molar-refractivity contribution in [2.45, 2.75) is 5.41 Å². The number of nitrogens with zero attached hydrogens (tertiary/aromatic N) is 1. The van der Waals surface area contributed by atoms with Gasteiger partial charge in [0.15, 0.2) is 0 Å². The van der Waals surface area contributed by atoms with Gasteiger partial charge < -0.3 is 13.4 Å². The van der Waals surface area contributed by atoms with Gasteiger partial charge in [0, 0.05) is 43.4 Å². The summed E-state index contributed by atoms with van der Waals surface area (Å²) in [5.74, 6) is 0. The molecule has 0 aliphatic heterocycles. The van der Waals surface area contributed by atoms with Crippen molar-refractivity contribution in [1.29, 1.82) is 0 Å². The van der Waals surface area contributed by atoms with E-state index in [0.717, 1.165) is 82.3 Å². The summed E-state index contributed by atoms with van der Waals surface area (Å²) in [7, 11) is 0. The largest absolute Gasteiger partial charge is 0.455 e. The number of rotatable bonds is 1. The summed E-state index contributed by atoms with van der Waals surface area (Å²) in [6.45, 7) is 0. The Bertz CT molecular complexity index is 4490. The summed E-state index contributed by atoms with van der Waals surface area (Å²) in [6.07, 6.45) is 0. The van der Waals surface area contributed by atoms with E-state index in [2.05, 4.69) is 229 Å². The van der Waals surface area contributed by atoms with Gasteiger partial charge in [0.2, 0.25) is 0 Å². The molecule has 3 heterocycles. The Morgan fingerprint density at radius 2 is 0.721 bits per heavy atom. The van der Waals surface area contributed by atoms with Crippen molar-refractivity contribution in [2.75, 3.05) is 0 Å². The maximum Gasteiger partial charge on any atom is 0.145 e. The molecule has 0 bridgehead atoms. The topological polar surface area (TPSA) is 31.2 Å². The standard InChI is InChI=1S/C65H37NO2/c1-3-21-40-38(19-1)39-20-2-4-22-41(39)45-26-10-16-34-54(45)66(53-33-15-9-25-44(40)53)55-37-52-60(64-58(55)48-29-11-17-35-56(48)68-64)61-59-49-30-12-18-36-57(49)67-63(59)47-28-6-5-27-46(47)62(61)65(52)50-31-13-7-23-42(50)43-24-8-14-32-51(43)65/h1-37H. The van der Waals surface area contributed by atoms with Crippen LogP contribution in [0.1, 0.15) is 22.3 Å². The molecule has 0 saturated carbocycles. The number of aromatic nitrogens is 1. The Labute approximate surface area is 389 Å². The van der Waals surface area contributed by atoms with Gasteiger partial charge in [0.05, 0.1) is 27.5 Å². The first kappa shape index (κ1) is 36.3. The van der Waals surface area contributed by atoms with Crippen LogP contribution in [0.25, 0.3) is 126 Å². The molecule has 0 atom stereocenters. The molecule has 16 rings (SSSR count). The molecule has 3 heteroatoms. The first-order chi connectivity index (χ1) is 33.8. The number of fused-ring (bicyclic) bond motifs is 28. The molecule has 0 radical (unpaired) electrons. The predicted octanol–water partition coefficient (Wildman–Crippen LogP) is 17.5. The van der Waals surface area contributed by atoms with Crippen molar-refractivity contribution in [3.63, 3.8) is 0 Å². The predicted molar refractivity (Wildman–Crippen MR) is 282 cm³/mol. The molecule has 0 fully saturated rings. The van der Waals surface area contributed by atoms with E-state index in [0.29, 0.717) is 0 Å². The SMILES string of the molecule is c1ccc2c(c1)-c1ccccc1C21c2cc(-n3c4ccccc4c4ccccc4c4ccccc4c4ccccc43)c3c(oc4ccccc43)c2-c2c1c1ccccc1c1oc3ccccc3c21. The van der Waals surface area contributed by atoms with E-state index in [1.54, 1.807) is 0 Å². The zero-order chi connectivity index (χ0) is 44.2. The normalized spacial score (nSPS) is 13.4. The van der Waals surface area contributed by atoms with Gasteiger partial charge in [0.1, 0.15) is 22.3 Å². The molecule has 2 aliphatic carbocycles. The highest BCUT2D eigenvalue weighted by molar-refractivity contribution is 6.29. The maximum absolute atomic E-state index is 7.52. The molecular formula is C65H37NO2. The van der Waals surface area contributed by atoms with Gasteiger partial charge >= 0.3 is 0 Å². The van der Waals surface area contributed by atoms with Crippen LogP contribution in [0, 0.1) is 0 Å². The fourth-order valence-electron chi connectivity index (χ4n) is 12.9. The molecular weight excluding hydrogens is 827 g/mol. The molecule has 3 aromatic heterocycles. The second-order valence-electron chi connectivity index (χ2n) is 18.5. The monoisotopic (exact) mass is 863 g/mol. The quantitative estimate of drug-likeness (QED) is 0.165. The molecule has 0 unspecified atom stereocenters. The number of benzene rings is 11. The lowest BCUT2D eigenvalue weighted by Gasteiger charge is -2.32. The van der Waals surface area contributed by atoms with Crippen LogP contribution in [0.2, 0.25) is 0 Å². The summed E-state index contributed by atoms with van der Waals surface area (Å²) < 4.78 is 17.1. The Hall–Kier alpha value is -8.92. The molecule has 14 aromatic rings. The molecule has 68 heavy (non-hydrogen) atoms. The van der Waals surface area contributed by atoms with E-state index in [1.807, 2.05) is 0 Å². The van der Waals surface area contributed by atoms with Crippen molar-refractivity contribution in [3.05, 3.63) is 247 Å². The second-order valence-corrected chi connectivity index (χ2v) is 18.5. The first-order valence-corrected chi connectivity index (χ1v) is 23.5. The summed E-state index contributed by atoms with van der Waals surface area (Å²) in [5, 5.41) is 13.7. The molecule has 3 nitrogen and oxygen atoms in total. The number of hydrogen-bond acceptors (Lipinski definition) is 2. The highest BCUT2D eigenvalue weighted by atomic mass is 16.3. The van der Waals surface area contributed by atoms with Crippen LogP contribution in [0.4, 0.5) is 0 Å². The van der Waals surface area contributed by atoms with Crippen molar-refractivity contribution in [3.8, 4) is 27.9 Å². The molecule has 314 valence electrons. The first-order valence-electron chi connectivity index (χ1n) is 23.5. The van der Waals surface area contributed by atoms with Gasteiger partial charge in [-0.05, 0) is 90.6 Å². The number of furan rings is 2. The van der Waals surface area contributed by atoms with Crippen molar-refractivity contribution < 1.29 is 8.83 Å². The van der Waals surface area contributed by atoms with Crippen LogP contribution in [0.15, 0.2) is 233 Å². The lowest BCUT2D eigenvalue weighted by molar-refractivity contribution is 0.669. The van der Waals surface area contributed by atoms with Crippen LogP contribution >= 0.6 is 0 Å². The van der Waals surface area contributed by atoms with Crippen molar-refractivity contribution in [1.82, 2.24) is 4.57 Å². The fraction of sp³-hybridized carbons (Fsp3) is 0.0154. The summed E-state index contributed by atoms with van der Waals surface area (Å²) in [6, 6.07) is 82.6. The minimum atomic E-state index is -0.732. The third kappa shape index (κ3) is 4.40. The molecule has 2 aliphatic rings. The van der Waals surface area contributed by atoms with Gasteiger partial charge in [-0.1, -0.05) is 194 Å². The van der Waals surface area contributed by atoms with Gasteiger partial charge in [-0.15, -0.1) is 0 Å². The Morgan fingerprint density at radius 3 is 1.29 bits per heavy atom. The highest BCUT2D eigenvalue weighted by Crippen LogP contribution is 2.68. The molecule has 0 amide bonds. The van der Waals surface area contributed by atoms with Gasteiger partial charge in [-0.25, -0.2) is 0 Å². The molecule has 11 aromatic carbocycles.